The average Bonchev–Trinajstić information content (AvgIpc) is 2.48. The van der Waals surface area contributed by atoms with Gasteiger partial charge in [-0.3, -0.25) is 4.79 Å². The molecule has 1 amide bonds. The van der Waals surface area contributed by atoms with Crippen molar-refractivity contribution in [1.29, 1.82) is 0 Å². The van der Waals surface area contributed by atoms with Gasteiger partial charge < -0.3 is 4.90 Å². The number of carbonyl (C=O) groups excluding carboxylic acids is 1. The molecule has 2 nitrogen and oxygen atoms in total. The molecule has 0 spiro atoms. The Morgan fingerprint density at radius 2 is 2.33 bits per heavy atom. The number of fused-ring (bicyclic) bond motifs is 1. The van der Waals surface area contributed by atoms with Gasteiger partial charge in [-0.15, -0.1) is 6.58 Å². The van der Waals surface area contributed by atoms with Crippen molar-refractivity contribution in [2.45, 2.75) is 31.7 Å². The highest BCUT2D eigenvalue weighted by Crippen LogP contribution is 2.32. The molecule has 0 radical (unpaired) electrons. The molecule has 0 bridgehead atoms. The summed E-state index contributed by atoms with van der Waals surface area (Å²) >= 11 is 0. The van der Waals surface area contributed by atoms with Crippen molar-refractivity contribution in [3.05, 3.63) is 12.7 Å². The first-order valence-electron chi connectivity index (χ1n) is 4.75. The van der Waals surface area contributed by atoms with E-state index >= 15 is 0 Å². The molecule has 2 heteroatoms. The maximum atomic E-state index is 11.4. The highest BCUT2D eigenvalue weighted by Gasteiger charge is 2.37. The van der Waals surface area contributed by atoms with E-state index in [9.17, 15) is 4.79 Å². The van der Waals surface area contributed by atoms with Gasteiger partial charge in [0, 0.05) is 19.0 Å². The lowest BCUT2D eigenvalue weighted by atomic mass is 9.89. The summed E-state index contributed by atoms with van der Waals surface area (Å²) in [6, 6.07) is 0.490. The summed E-state index contributed by atoms with van der Waals surface area (Å²) in [5.41, 5.74) is 0. The predicted octanol–water partition coefficient (Wildman–Crippen LogP) is 1.57. The van der Waals surface area contributed by atoms with Crippen molar-refractivity contribution >= 4 is 5.91 Å². The quantitative estimate of drug-likeness (QED) is 0.540. The second-order valence-corrected chi connectivity index (χ2v) is 3.73. The summed E-state index contributed by atoms with van der Waals surface area (Å²) in [6.45, 7) is 4.81. The molecule has 2 fully saturated rings. The van der Waals surface area contributed by atoms with E-state index in [-0.39, 0.29) is 0 Å². The lowest BCUT2D eigenvalue weighted by Crippen LogP contribution is -2.42. The van der Waals surface area contributed by atoms with Crippen molar-refractivity contribution in [1.82, 2.24) is 4.90 Å². The van der Waals surface area contributed by atoms with Crippen LogP contribution >= 0.6 is 0 Å². The minimum Gasteiger partial charge on any atom is -0.339 e. The molecule has 0 N–H and O–H groups in total. The normalized spacial score (nSPS) is 35.0. The van der Waals surface area contributed by atoms with Gasteiger partial charge in [-0.1, -0.05) is 6.08 Å². The van der Waals surface area contributed by atoms with Crippen LogP contribution in [0.2, 0.25) is 0 Å². The fourth-order valence-corrected chi connectivity index (χ4v) is 2.46. The number of hydrogen-bond acceptors (Lipinski definition) is 1. The van der Waals surface area contributed by atoms with Crippen molar-refractivity contribution in [2.24, 2.45) is 5.92 Å². The number of nitrogens with zero attached hydrogens (tertiary/aromatic N) is 1. The van der Waals surface area contributed by atoms with Crippen molar-refractivity contribution in [3.63, 3.8) is 0 Å². The molecule has 12 heavy (non-hydrogen) atoms. The maximum absolute atomic E-state index is 11.4. The lowest BCUT2D eigenvalue weighted by molar-refractivity contribution is -0.130. The SMILES string of the molecule is C=C[C@@H]1CCCN2C(=O)CC[C@@H]12. The Balaban J connectivity index is 2.14. The van der Waals surface area contributed by atoms with Gasteiger partial charge in [0.05, 0.1) is 0 Å². The molecule has 0 aromatic heterocycles. The van der Waals surface area contributed by atoms with Crippen molar-refractivity contribution < 1.29 is 4.79 Å². The molecule has 0 unspecified atom stereocenters. The highest BCUT2D eigenvalue weighted by atomic mass is 16.2. The zero-order valence-corrected chi connectivity index (χ0v) is 7.33. The van der Waals surface area contributed by atoms with Crippen LogP contribution in [0.25, 0.3) is 0 Å². The highest BCUT2D eigenvalue weighted by molar-refractivity contribution is 5.79. The molecule has 66 valence electrons. The number of piperidine rings is 1. The smallest absolute Gasteiger partial charge is 0.222 e. The fourth-order valence-electron chi connectivity index (χ4n) is 2.46. The molecule has 0 aliphatic carbocycles. The molecule has 2 atom stereocenters. The fraction of sp³-hybridized carbons (Fsp3) is 0.700. The van der Waals surface area contributed by atoms with Crippen LogP contribution in [-0.4, -0.2) is 23.4 Å². The van der Waals surface area contributed by atoms with E-state index in [1.54, 1.807) is 0 Å². The molecule has 2 rings (SSSR count). The van der Waals surface area contributed by atoms with Crippen LogP contribution in [0.1, 0.15) is 25.7 Å². The van der Waals surface area contributed by atoms with Crippen molar-refractivity contribution in [3.8, 4) is 0 Å². The Morgan fingerprint density at radius 3 is 3.08 bits per heavy atom. The van der Waals surface area contributed by atoms with Gasteiger partial charge in [-0.2, -0.15) is 0 Å². The van der Waals surface area contributed by atoms with E-state index in [0.29, 0.717) is 17.9 Å². The van der Waals surface area contributed by atoms with Crippen LogP contribution in [0, 0.1) is 5.92 Å². The summed E-state index contributed by atoms with van der Waals surface area (Å²) in [6.07, 6.45) is 6.21. The molecule has 2 heterocycles. The van der Waals surface area contributed by atoms with Crippen LogP contribution in [0.15, 0.2) is 12.7 Å². The second kappa shape index (κ2) is 2.92. The first kappa shape index (κ1) is 7.84. The third-order valence-electron chi connectivity index (χ3n) is 3.11. The Bertz CT molecular complexity index is 212. The van der Waals surface area contributed by atoms with Crippen LogP contribution in [-0.2, 0) is 4.79 Å². The summed E-state index contributed by atoms with van der Waals surface area (Å²) in [5, 5.41) is 0. The molecule has 2 saturated heterocycles. The largest absolute Gasteiger partial charge is 0.339 e. The second-order valence-electron chi connectivity index (χ2n) is 3.73. The molecule has 2 aliphatic heterocycles. The standard InChI is InChI=1S/C10H15NO/c1-2-8-4-3-7-11-9(8)5-6-10(11)12/h2,8-9H,1,3-7H2/t8-,9+/m1/s1. The van der Waals surface area contributed by atoms with Crippen LogP contribution in [0.5, 0.6) is 0 Å². The number of amides is 1. The van der Waals surface area contributed by atoms with Gasteiger partial charge in [-0.25, -0.2) is 0 Å². The van der Waals surface area contributed by atoms with Crippen LogP contribution in [0.3, 0.4) is 0 Å². The summed E-state index contributed by atoms with van der Waals surface area (Å²) in [5.74, 6) is 0.914. The molecule has 0 aromatic rings. The third-order valence-corrected chi connectivity index (χ3v) is 3.11. The van der Waals surface area contributed by atoms with E-state index in [2.05, 4.69) is 11.5 Å². The number of carbonyl (C=O) groups is 1. The van der Waals surface area contributed by atoms with Gasteiger partial charge in [0.25, 0.3) is 0 Å². The number of hydrogen-bond donors (Lipinski definition) is 0. The minimum absolute atomic E-state index is 0.353. The minimum atomic E-state index is 0.353. The van der Waals surface area contributed by atoms with E-state index in [1.165, 1.54) is 6.42 Å². The Kier molecular flexibility index (Phi) is 1.91. The first-order valence-corrected chi connectivity index (χ1v) is 4.75. The Labute approximate surface area is 73.2 Å². The third kappa shape index (κ3) is 1.06. The molecular weight excluding hydrogens is 150 g/mol. The van der Waals surface area contributed by atoms with Gasteiger partial charge in [0.2, 0.25) is 5.91 Å². The van der Waals surface area contributed by atoms with E-state index in [4.69, 9.17) is 0 Å². The molecule has 2 aliphatic rings. The van der Waals surface area contributed by atoms with Gasteiger partial charge in [-0.05, 0) is 25.2 Å². The lowest BCUT2D eigenvalue weighted by Gasteiger charge is -2.35. The van der Waals surface area contributed by atoms with Gasteiger partial charge >= 0.3 is 0 Å². The van der Waals surface area contributed by atoms with E-state index in [0.717, 1.165) is 25.8 Å². The average molecular weight is 165 g/mol. The molecular formula is C10H15NO. The Hall–Kier alpha value is -0.790. The van der Waals surface area contributed by atoms with E-state index < -0.39 is 0 Å². The molecule has 0 aromatic carbocycles. The van der Waals surface area contributed by atoms with Crippen LogP contribution in [0.4, 0.5) is 0 Å². The maximum Gasteiger partial charge on any atom is 0.222 e. The van der Waals surface area contributed by atoms with Gasteiger partial charge in [0.1, 0.15) is 0 Å². The monoisotopic (exact) mass is 165 g/mol. The van der Waals surface area contributed by atoms with Gasteiger partial charge in [0.15, 0.2) is 0 Å². The summed E-state index contributed by atoms with van der Waals surface area (Å²) < 4.78 is 0. The number of rotatable bonds is 1. The van der Waals surface area contributed by atoms with Crippen molar-refractivity contribution in [2.75, 3.05) is 6.54 Å². The summed E-state index contributed by atoms with van der Waals surface area (Å²) in [4.78, 5) is 13.4. The van der Waals surface area contributed by atoms with E-state index in [1.807, 2.05) is 6.08 Å². The first-order chi connectivity index (χ1) is 5.83. The predicted molar refractivity (Wildman–Crippen MR) is 47.7 cm³/mol. The summed E-state index contributed by atoms with van der Waals surface area (Å²) in [7, 11) is 0. The van der Waals surface area contributed by atoms with Crippen LogP contribution < -0.4 is 0 Å². The zero-order chi connectivity index (χ0) is 8.55. The molecule has 0 saturated carbocycles. The Morgan fingerprint density at radius 1 is 1.50 bits per heavy atom. The topological polar surface area (TPSA) is 20.3 Å². The zero-order valence-electron chi connectivity index (χ0n) is 7.33.